The van der Waals surface area contributed by atoms with E-state index in [4.69, 9.17) is 0 Å². The van der Waals surface area contributed by atoms with E-state index >= 15 is 0 Å². The first-order chi connectivity index (χ1) is 18.1. The number of carbonyl (C=O) groups is 1. The molecule has 0 unspecified atom stereocenters. The van der Waals surface area contributed by atoms with Gasteiger partial charge in [-0.05, 0) is 50.8 Å². The third kappa shape index (κ3) is 5.67. The second-order valence-electron chi connectivity index (χ2n) is 11.0. The Balaban J connectivity index is 1.92. The van der Waals surface area contributed by atoms with E-state index in [9.17, 15) is 14.1 Å². The van der Waals surface area contributed by atoms with Gasteiger partial charge in [-0.15, -0.1) is 0 Å². The van der Waals surface area contributed by atoms with E-state index < -0.39 is 16.9 Å². The van der Waals surface area contributed by atoms with Crippen LogP contribution in [-0.2, 0) is 10.8 Å². The Labute approximate surface area is 229 Å². The predicted molar refractivity (Wildman–Crippen MR) is 158 cm³/mol. The maximum absolute atomic E-state index is 14.8. The first kappa shape index (κ1) is 27.9. The smallest absolute Gasteiger partial charge is 0.165 e. The van der Waals surface area contributed by atoms with E-state index in [1.807, 2.05) is 54.6 Å². The second-order valence-corrected chi connectivity index (χ2v) is 12.3. The summed E-state index contributed by atoms with van der Waals surface area (Å²) < 4.78 is 14.8. The Morgan fingerprint density at radius 3 is 1.87 bits per heavy atom. The average Bonchev–Trinajstić information content (AvgIpc) is 2.91. The van der Waals surface area contributed by atoms with E-state index in [1.165, 1.54) is 5.56 Å². The van der Waals surface area contributed by atoms with Crippen LogP contribution in [0.4, 0.5) is 0 Å². The third-order valence-corrected chi connectivity index (χ3v) is 8.86. The van der Waals surface area contributed by atoms with Crippen molar-refractivity contribution in [2.75, 3.05) is 0 Å². The van der Waals surface area contributed by atoms with E-state index in [0.29, 0.717) is 21.9 Å². The molecule has 0 aliphatic carbocycles. The molecule has 2 atom stereocenters. The first-order valence-corrected chi connectivity index (χ1v) is 14.6. The van der Waals surface area contributed by atoms with Gasteiger partial charge < -0.3 is 5.11 Å². The Bertz CT molecular complexity index is 1440. The molecule has 38 heavy (non-hydrogen) atoms. The molecule has 4 heteroatoms. The molecule has 0 spiro atoms. The SMILES string of the molecule is CC(C)c1cc(C(C)C)c([S@@](=O)c2c([C@@H](O)CC(=O)c3ccccc3)ccc3ccccc23)c(C(C)C)c1. The summed E-state index contributed by atoms with van der Waals surface area (Å²) in [6.07, 6.45) is -1.15. The molecule has 0 amide bonds. The van der Waals surface area contributed by atoms with Crippen LogP contribution in [0.15, 0.2) is 88.7 Å². The van der Waals surface area contributed by atoms with Crippen molar-refractivity contribution in [1.29, 1.82) is 0 Å². The molecular weight excluding hydrogens is 488 g/mol. The molecule has 0 fully saturated rings. The number of benzene rings is 4. The number of aliphatic hydroxyl groups excluding tert-OH is 1. The van der Waals surface area contributed by atoms with Crippen LogP contribution in [0.3, 0.4) is 0 Å². The van der Waals surface area contributed by atoms with Crippen LogP contribution in [0.1, 0.15) is 104 Å². The van der Waals surface area contributed by atoms with Crippen LogP contribution in [0.5, 0.6) is 0 Å². The summed E-state index contributed by atoms with van der Waals surface area (Å²) in [4.78, 5) is 14.4. The molecule has 0 radical (unpaired) electrons. The topological polar surface area (TPSA) is 54.4 Å². The fourth-order valence-corrected chi connectivity index (χ4v) is 6.99. The quantitative estimate of drug-likeness (QED) is 0.222. The molecule has 0 bridgehead atoms. The predicted octanol–water partition coefficient (Wildman–Crippen LogP) is 8.68. The molecule has 0 saturated carbocycles. The zero-order valence-corrected chi connectivity index (χ0v) is 24.0. The second kappa shape index (κ2) is 11.8. The van der Waals surface area contributed by atoms with Crippen LogP contribution >= 0.6 is 0 Å². The van der Waals surface area contributed by atoms with E-state index in [-0.39, 0.29) is 24.0 Å². The van der Waals surface area contributed by atoms with Crippen molar-refractivity contribution in [2.24, 2.45) is 0 Å². The normalized spacial score (nSPS) is 13.4. The zero-order valence-electron chi connectivity index (χ0n) is 23.2. The van der Waals surface area contributed by atoms with Gasteiger partial charge >= 0.3 is 0 Å². The highest BCUT2D eigenvalue weighted by Gasteiger charge is 2.28. The van der Waals surface area contributed by atoms with Crippen molar-refractivity contribution in [2.45, 2.75) is 81.6 Å². The van der Waals surface area contributed by atoms with Crippen LogP contribution in [0.25, 0.3) is 10.8 Å². The summed E-state index contributed by atoms with van der Waals surface area (Å²) >= 11 is 0. The molecule has 0 aromatic heterocycles. The molecule has 0 heterocycles. The Morgan fingerprint density at radius 1 is 0.711 bits per heavy atom. The van der Waals surface area contributed by atoms with Gasteiger partial charge in [0.15, 0.2) is 5.78 Å². The minimum Gasteiger partial charge on any atom is -0.388 e. The zero-order chi connectivity index (χ0) is 27.6. The largest absolute Gasteiger partial charge is 0.388 e. The maximum atomic E-state index is 14.8. The summed E-state index contributed by atoms with van der Waals surface area (Å²) in [7, 11) is -1.57. The van der Waals surface area contributed by atoms with Gasteiger partial charge in [-0.2, -0.15) is 0 Å². The molecule has 1 N–H and O–H groups in total. The molecule has 0 aliphatic heterocycles. The van der Waals surface area contributed by atoms with Crippen molar-refractivity contribution in [3.05, 3.63) is 107 Å². The Hall–Kier alpha value is -3.08. The molecular formula is C34H38O3S. The van der Waals surface area contributed by atoms with Crippen LogP contribution in [0, 0.1) is 0 Å². The van der Waals surface area contributed by atoms with Gasteiger partial charge in [0.1, 0.15) is 0 Å². The fourth-order valence-electron chi connectivity index (χ4n) is 4.96. The van der Waals surface area contributed by atoms with Gasteiger partial charge in [0, 0.05) is 12.0 Å². The first-order valence-electron chi connectivity index (χ1n) is 13.5. The van der Waals surface area contributed by atoms with Crippen molar-refractivity contribution in [3.8, 4) is 0 Å². The van der Waals surface area contributed by atoms with E-state index in [0.717, 1.165) is 26.8 Å². The summed E-state index contributed by atoms with van der Waals surface area (Å²) in [5.74, 6) is 0.558. The van der Waals surface area contributed by atoms with Gasteiger partial charge in [0.2, 0.25) is 0 Å². The van der Waals surface area contributed by atoms with E-state index in [1.54, 1.807) is 12.1 Å². The van der Waals surface area contributed by atoms with Gasteiger partial charge in [-0.1, -0.05) is 120 Å². The number of hydrogen-bond acceptors (Lipinski definition) is 3. The lowest BCUT2D eigenvalue weighted by Crippen LogP contribution is -2.13. The minimum absolute atomic E-state index is 0.0765. The maximum Gasteiger partial charge on any atom is 0.165 e. The molecule has 0 aliphatic rings. The lowest BCUT2D eigenvalue weighted by Gasteiger charge is -2.24. The van der Waals surface area contributed by atoms with Crippen LogP contribution in [0.2, 0.25) is 0 Å². The summed E-state index contributed by atoms with van der Waals surface area (Å²) in [6, 6.07) is 25.0. The highest BCUT2D eigenvalue weighted by molar-refractivity contribution is 7.85. The van der Waals surface area contributed by atoms with Crippen molar-refractivity contribution in [1.82, 2.24) is 0 Å². The fraction of sp³-hybridized carbons (Fsp3) is 0.324. The van der Waals surface area contributed by atoms with Gasteiger partial charge in [-0.25, -0.2) is 4.21 Å². The molecule has 0 saturated heterocycles. The Kier molecular flexibility index (Phi) is 8.64. The minimum atomic E-state index is -1.57. The number of aliphatic hydroxyl groups is 1. The number of ketones is 1. The summed E-state index contributed by atoms with van der Waals surface area (Å²) in [6.45, 7) is 12.9. The van der Waals surface area contributed by atoms with Crippen molar-refractivity contribution >= 4 is 27.4 Å². The third-order valence-electron chi connectivity index (χ3n) is 7.19. The lowest BCUT2D eigenvalue weighted by atomic mass is 9.89. The van der Waals surface area contributed by atoms with Crippen molar-refractivity contribution < 1.29 is 14.1 Å². The number of hydrogen-bond donors (Lipinski definition) is 1. The number of Topliss-reactive ketones (excluding diaryl/α,β-unsaturated/α-hetero) is 1. The summed E-state index contributed by atoms with van der Waals surface area (Å²) in [5.41, 5.74) is 4.50. The highest BCUT2D eigenvalue weighted by Crippen LogP contribution is 2.40. The highest BCUT2D eigenvalue weighted by atomic mass is 32.2. The molecule has 3 nitrogen and oxygen atoms in total. The van der Waals surface area contributed by atoms with Crippen LogP contribution in [-0.4, -0.2) is 15.1 Å². The Morgan fingerprint density at radius 2 is 1.29 bits per heavy atom. The molecule has 198 valence electrons. The van der Waals surface area contributed by atoms with E-state index in [2.05, 4.69) is 53.7 Å². The van der Waals surface area contributed by atoms with Gasteiger partial charge in [-0.3, -0.25) is 4.79 Å². The number of carbonyl (C=O) groups excluding carboxylic acids is 1. The summed E-state index contributed by atoms with van der Waals surface area (Å²) in [5, 5.41) is 13.2. The lowest BCUT2D eigenvalue weighted by molar-refractivity contribution is 0.0877. The number of rotatable bonds is 9. The monoisotopic (exact) mass is 526 g/mol. The average molecular weight is 527 g/mol. The van der Waals surface area contributed by atoms with Crippen molar-refractivity contribution in [3.63, 3.8) is 0 Å². The van der Waals surface area contributed by atoms with Gasteiger partial charge in [0.05, 0.1) is 26.7 Å². The molecule has 4 aromatic carbocycles. The molecule has 4 aromatic rings. The van der Waals surface area contributed by atoms with Crippen LogP contribution < -0.4 is 0 Å². The van der Waals surface area contributed by atoms with Gasteiger partial charge in [0.25, 0.3) is 0 Å². The standard InChI is InChI=1S/C34H38O3S/c1-21(2)26-18-29(22(3)4)34(30(19-26)23(5)6)38(37)33-27-15-11-10-12-24(27)16-17-28(33)32(36)20-31(35)25-13-8-7-9-14-25/h7-19,21-23,32,36H,20H2,1-6H3/t32-,38-/m0/s1. The number of fused-ring (bicyclic) bond motifs is 1. The molecule has 4 rings (SSSR count).